The second-order valence-electron chi connectivity index (χ2n) is 15.5. The van der Waals surface area contributed by atoms with E-state index in [2.05, 4.69) is 65.2 Å². The lowest BCUT2D eigenvalue weighted by atomic mass is 9.71. The molecule has 2 fully saturated rings. The minimum atomic E-state index is -0.800. The Morgan fingerprint density at radius 1 is 0.619 bits per heavy atom. The summed E-state index contributed by atoms with van der Waals surface area (Å²) in [7, 11) is 0. The van der Waals surface area contributed by atoms with Crippen LogP contribution in [0.4, 0.5) is 0 Å². The maximum absolute atomic E-state index is 12.7. The van der Waals surface area contributed by atoms with E-state index < -0.39 is 11.2 Å². The first-order valence-electron chi connectivity index (χ1n) is 16.3. The first kappa shape index (κ1) is 37.3. The number of hydrogen-bond acceptors (Lipinski definition) is 8. The maximum atomic E-state index is 12.7. The molecule has 0 saturated carbocycles. The number of ketones is 2. The quantitative estimate of drug-likeness (QED) is 0.110. The van der Waals surface area contributed by atoms with Crippen LogP contribution in [0.2, 0.25) is 0 Å². The third kappa shape index (κ3) is 13.0. The molecule has 2 heterocycles. The first-order valence-corrected chi connectivity index (χ1v) is 16.3. The van der Waals surface area contributed by atoms with Gasteiger partial charge in [-0.15, -0.1) is 0 Å². The molecule has 0 amide bonds. The highest BCUT2D eigenvalue weighted by atomic mass is 16.6. The van der Waals surface area contributed by atoms with Gasteiger partial charge >= 0.3 is 0 Å². The van der Waals surface area contributed by atoms with E-state index in [-0.39, 0.29) is 28.2 Å². The molecule has 0 aromatic rings. The van der Waals surface area contributed by atoms with Gasteiger partial charge in [0.05, 0.1) is 37.6 Å². The molecule has 2 rings (SSSR count). The number of carbonyl (C=O) groups excluding carboxylic acids is 2. The van der Waals surface area contributed by atoms with Crippen LogP contribution in [0.15, 0.2) is 0 Å². The molecule has 2 saturated heterocycles. The summed E-state index contributed by atoms with van der Waals surface area (Å²) in [6.45, 7) is 30.3. The second-order valence-corrected chi connectivity index (χ2v) is 15.5. The highest BCUT2D eigenvalue weighted by molar-refractivity contribution is 5.87. The van der Waals surface area contributed by atoms with Gasteiger partial charge in [-0.1, -0.05) is 20.3 Å². The van der Waals surface area contributed by atoms with Crippen molar-refractivity contribution < 1.29 is 28.5 Å². The normalized spacial score (nSPS) is 24.4. The molecule has 4 atom stereocenters. The van der Waals surface area contributed by atoms with Gasteiger partial charge in [-0.25, -0.2) is 0 Å². The fraction of sp³-hybridized carbons (Fsp3) is 0.941. The van der Waals surface area contributed by atoms with Crippen LogP contribution >= 0.6 is 0 Å². The molecule has 2 aliphatic rings. The Morgan fingerprint density at radius 3 is 1.21 bits per heavy atom. The number of hydrogen-bond donors (Lipinski definition) is 0. The Labute approximate surface area is 257 Å². The molecule has 0 radical (unpaired) electrons. The second kappa shape index (κ2) is 14.9. The molecule has 42 heavy (non-hydrogen) atoms. The standard InChI is InChI=1S/C34H64N2O6/c1-13-34(12,24-30(4,5)39-18-20-41-32(8,9)28(37)14-16-35-22-26(35)2)25-31(6,7)40-19-21-42-33(10,11)29(38)15-17-36-23-27(36)3/h26-27H,13-25H2,1-12H3. The highest BCUT2D eigenvalue weighted by Gasteiger charge is 2.38. The SMILES string of the molecule is CCC(C)(CC(C)(C)OCCOC(C)(C)C(=O)CCN1CC1C)CC(C)(C)OCCOC(C)(C)C(=O)CCN1CC1C. The van der Waals surface area contributed by atoms with Crippen LogP contribution < -0.4 is 0 Å². The minimum Gasteiger partial charge on any atom is -0.373 e. The predicted octanol–water partition coefficient (Wildman–Crippen LogP) is 5.69. The summed E-state index contributed by atoms with van der Waals surface area (Å²) in [4.78, 5) is 29.9. The number of carbonyl (C=O) groups is 2. The van der Waals surface area contributed by atoms with Gasteiger partial charge in [0.15, 0.2) is 11.6 Å². The number of ether oxygens (including phenoxy) is 4. The number of nitrogens with zero attached hydrogens (tertiary/aromatic N) is 2. The predicted molar refractivity (Wildman–Crippen MR) is 169 cm³/mol. The molecule has 0 aromatic heterocycles. The van der Waals surface area contributed by atoms with Crippen LogP contribution in [0.25, 0.3) is 0 Å². The van der Waals surface area contributed by atoms with Crippen LogP contribution in [-0.4, -0.2) is 108 Å². The van der Waals surface area contributed by atoms with Gasteiger partial charge in [0.1, 0.15) is 11.2 Å². The van der Waals surface area contributed by atoms with E-state index in [4.69, 9.17) is 18.9 Å². The van der Waals surface area contributed by atoms with Crippen molar-refractivity contribution in [3.05, 3.63) is 0 Å². The largest absolute Gasteiger partial charge is 0.373 e. The van der Waals surface area contributed by atoms with Gasteiger partial charge in [-0.2, -0.15) is 0 Å². The van der Waals surface area contributed by atoms with E-state index >= 15 is 0 Å². The van der Waals surface area contributed by atoms with Crippen LogP contribution in [0.5, 0.6) is 0 Å². The van der Waals surface area contributed by atoms with Gasteiger partial charge < -0.3 is 18.9 Å². The Hall–Kier alpha value is -0.900. The maximum Gasteiger partial charge on any atom is 0.165 e. The molecular formula is C34H64N2O6. The summed E-state index contributed by atoms with van der Waals surface area (Å²) in [6.07, 6.45) is 3.78. The molecular weight excluding hydrogens is 532 g/mol. The van der Waals surface area contributed by atoms with Crippen LogP contribution in [0.1, 0.15) is 115 Å². The summed E-state index contributed by atoms with van der Waals surface area (Å²) in [5, 5.41) is 0. The molecule has 0 aliphatic carbocycles. The van der Waals surface area contributed by atoms with Gasteiger partial charge in [-0.05, 0) is 87.5 Å². The average molecular weight is 597 g/mol. The fourth-order valence-corrected chi connectivity index (χ4v) is 6.16. The van der Waals surface area contributed by atoms with E-state index in [0.29, 0.717) is 51.4 Å². The highest BCUT2D eigenvalue weighted by Crippen LogP contribution is 2.41. The van der Waals surface area contributed by atoms with Crippen molar-refractivity contribution in [3.8, 4) is 0 Å². The zero-order valence-corrected chi connectivity index (χ0v) is 29.2. The van der Waals surface area contributed by atoms with Crippen molar-refractivity contribution in [1.29, 1.82) is 0 Å². The lowest BCUT2D eigenvalue weighted by Crippen LogP contribution is -2.41. The van der Waals surface area contributed by atoms with E-state index in [1.165, 1.54) is 0 Å². The third-order valence-corrected chi connectivity index (χ3v) is 9.21. The summed E-state index contributed by atoms with van der Waals surface area (Å²) >= 11 is 0. The van der Waals surface area contributed by atoms with Crippen molar-refractivity contribution in [1.82, 2.24) is 9.80 Å². The van der Waals surface area contributed by atoms with Crippen molar-refractivity contribution in [2.24, 2.45) is 5.41 Å². The smallest absolute Gasteiger partial charge is 0.165 e. The fourth-order valence-electron chi connectivity index (χ4n) is 6.16. The van der Waals surface area contributed by atoms with Gasteiger partial charge in [0.2, 0.25) is 0 Å². The molecule has 8 heteroatoms. The van der Waals surface area contributed by atoms with E-state index in [1.54, 1.807) is 0 Å². The van der Waals surface area contributed by atoms with Crippen LogP contribution in [0.3, 0.4) is 0 Å². The van der Waals surface area contributed by atoms with Crippen molar-refractivity contribution >= 4 is 11.6 Å². The van der Waals surface area contributed by atoms with Crippen molar-refractivity contribution in [2.45, 2.75) is 150 Å². The third-order valence-electron chi connectivity index (χ3n) is 9.21. The summed E-state index contributed by atoms with van der Waals surface area (Å²) < 4.78 is 24.6. The van der Waals surface area contributed by atoms with Crippen molar-refractivity contribution in [3.63, 3.8) is 0 Å². The Balaban J connectivity index is 1.72. The van der Waals surface area contributed by atoms with Crippen LogP contribution in [-0.2, 0) is 28.5 Å². The lowest BCUT2D eigenvalue weighted by Gasteiger charge is -2.42. The molecule has 2 aliphatic heterocycles. The Bertz CT molecular complexity index is 817. The topological polar surface area (TPSA) is 77.1 Å². The molecule has 0 bridgehead atoms. The van der Waals surface area contributed by atoms with Crippen molar-refractivity contribution in [2.75, 3.05) is 52.6 Å². The number of rotatable bonds is 23. The minimum absolute atomic E-state index is 0.00372. The summed E-state index contributed by atoms with van der Waals surface area (Å²) in [5.74, 6) is 0.285. The van der Waals surface area contributed by atoms with E-state index in [1.807, 2.05) is 27.7 Å². The van der Waals surface area contributed by atoms with Gasteiger partial charge in [-0.3, -0.25) is 19.4 Å². The van der Waals surface area contributed by atoms with Crippen LogP contribution in [0, 0.1) is 5.41 Å². The zero-order valence-electron chi connectivity index (χ0n) is 29.2. The molecule has 4 unspecified atom stereocenters. The summed E-state index contributed by atoms with van der Waals surface area (Å²) in [5.41, 5.74) is -2.30. The van der Waals surface area contributed by atoms with Gasteiger partial charge in [0.25, 0.3) is 0 Å². The van der Waals surface area contributed by atoms with E-state index in [9.17, 15) is 9.59 Å². The van der Waals surface area contributed by atoms with Gasteiger partial charge in [0, 0.05) is 51.1 Å². The lowest BCUT2D eigenvalue weighted by molar-refractivity contribution is -0.147. The molecule has 246 valence electrons. The van der Waals surface area contributed by atoms with E-state index in [0.717, 1.165) is 45.4 Å². The summed E-state index contributed by atoms with van der Waals surface area (Å²) in [6, 6.07) is 1.21. The Morgan fingerprint density at radius 2 is 0.929 bits per heavy atom. The molecule has 0 N–H and O–H groups in total. The molecule has 8 nitrogen and oxygen atoms in total. The first-order chi connectivity index (χ1) is 19.2. The Kier molecular flexibility index (Phi) is 13.2. The molecule has 0 aromatic carbocycles. The molecule has 0 spiro atoms. The number of Topliss-reactive ketones (excluding diaryl/α,β-unsaturated/α-hetero) is 2. The zero-order chi connectivity index (χ0) is 32.0. The monoisotopic (exact) mass is 596 g/mol. The average Bonchev–Trinajstić information content (AvgIpc) is 3.78.